The summed E-state index contributed by atoms with van der Waals surface area (Å²) in [6.07, 6.45) is 6.68. The quantitative estimate of drug-likeness (QED) is 0.559. The molecule has 1 saturated carbocycles. The highest BCUT2D eigenvalue weighted by molar-refractivity contribution is 7.89. The van der Waals surface area contributed by atoms with Crippen molar-refractivity contribution in [2.24, 2.45) is 0 Å². The molecule has 3 rings (SSSR count). The zero-order valence-electron chi connectivity index (χ0n) is 17.6. The van der Waals surface area contributed by atoms with E-state index in [0.29, 0.717) is 0 Å². The number of benzene rings is 2. The van der Waals surface area contributed by atoms with Gasteiger partial charge in [0.15, 0.2) is 6.61 Å². The van der Waals surface area contributed by atoms with Crippen molar-refractivity contribution in [3.05, 3.63) is 59.1 Å². The molecule has 0 bridgehead atoms. The highest BCUT2D eigenvalue weighted by Gasteiger charge is 2.20. The zero-order valence-corrected chi connectivity index (χ0v) is 19.2. The van der Waals surface area contributed by atoms with E-state index in [1.807, 2.05) is 30.3 Å². The number of amides is 1. The fourth-order valence-electron chi connectivity index (χ4n) is 3.71. The standard InChI is InChI=1S/C23H29ClN2O4S/c1-17(18-9-5-4-6-10-18)26-31(28,29)20-13-14-22(21(24)15-20)30-16-23(27)25-19-11-7-2-3-8-12-19/h4-6,9-10,13-15,17,19,26H,2-3,7-8,11-12,16H2,1H3,(H,25,27). The summed E-state index contributed by atoms with van der Waals surface area (Å²) < 4.78 is 33.6. The zero-order chi connectivity index (χ0) is 22.3. The van der Waals surface area contributed by atoms with E-state index in [0.717, 1.165) is 31.2 Å². The Labute approximate surface area is 189 Å². The Morgan fingerprint density at radius 2 is 1.77 bits per heavy atom. The largest absolute Gasteiger partial charge is 0.482 e. The van der Waals surface area contributed by atoms with Gasteiger partial charge < -0.3 is 10.1 Å². The van der Waals surface area contributed by atoms with Gasteiger partial charge in [0.05, 0.1) is 9.92 Å². The summed E-state index contributed by atoms with van der Waals surface area (Å²) in [5.41, 5.74) is 0.858. The molecule has 1 unspecified atom stereocenters. The Kier molecular flexibility index (Phi) is 8.35. The molecule has 8 heteroatoms. The van der Waals surface area contributed by atoms with Crippen LogP contribution in [0.25, 0.3) is 0 Å². The summed E-state index contributed by atoms with van der Waals surface area (Å²) in [5.74, 6) is 0.0748. The van der Waals surface area contributed by atoms with Crippen LogP contribution in [0.1, 0.15) is 57.1 Å². The highest BCUT2D eigenvalue weighted by Crippen LogP contribution is 2.28. The molecular weight excluding hydrogens is 436 g/mol. The van der Waals surface area contributed by atoms with E-state index < -0.39 is 16.1 Å². The van der Waals surface area contributed by atoms with Gasteiger partial charge in [-0.3, -0.25) is 4.79 Å². The van der Waals surface area contributed by atoms with Crippen LogP contribution in [0.3, 0.4) is 0 Å². The van der Waals surface area contributed by atoms with Gasteiger partial charge in [-0.2, -0.15) is 0 Å². The van der Waals surface area contributed by atoms with Gasteiger partial charge in [-0.1, -0.05) is 67.6 Å². The number of carbonyl (C=O) groups excluding carboxylic acids is 1. The lowest BCUT2D eigenvalue weighted by Gasteiger charge is -2.17. The fourth-order valence-corrected chi connectivity index (χ4v) is 5.27. The first-order chi connectivity index (χ1) is 14.8. The average molecular weight is 465 g/mol. The number of sulfonamides is 1. The minimum atomic E-state index is -3.77. The van der Waals surface area contributed by atoms with Gasteiger partial charge in [0.25, 0.3) is 5.91 Å². The second-order valence-electron chi connectivity index (χ2n) is 7.89. The van der Waals surface area contributed by atoms with Crippen molar-refractivity contribution in [2.75, 3.05) is 6.61 Å². The molecule has 0 aliphatic heterocycles. The normalized spacial score (nSPS) is 16.3. The Morgan fingerprint density at radius 1 is 1.10 bits per heavy atom. The summed E-state index contributed by atoms with van der Waals surface area (Å²) in [6, 6.07) is 13.3. The van der Waals surface area contributed by atoms with Crippen LogP contribution in [0.5, 0.6) is 5.75 Å². The van der Waals surface area contributed by atoms with Gasteiger partial charge >= 0.3 is 0 Å². The van der Waals surface area contributed by atoms with Crippen LogP contribution in [0.4, 0.5) is 0 Å². The number of carbonyl (C=O) groups is 1. The van der Waals surface area contributed by atoms with Crippen LogP contribution >= 0.6 is 11.6 Å². The summed E-state index contributed by atoms with van der Waals surface area (Å²) in [6.45, 7) is 1.62. The van der Waals surface area contributed by atoms with Crippen LogP contribution in [-0.2, 0) is 14.8 Å². The lowest BCUT2D eigenvalue weighted by atomic mass is 10.1. The maximum Gasteiger partial charge on any atom is 0.258 e. The minimum Gasteiger partial charge on any atom is -0.482 e. The number of ether oxygens (including phenoxy) is 1. The van der Waals surface area contributed by atoms with Crippen molar-refractivity contribution in [3.63, 3.8) is 0 Å². The van der Waals surface area contributed by atoms with Crippen molar-refractivity contribution in [1.29, 1.82) is 0 Å². The van der Waals surface area contributed by atoms with E-state index >= 15 is 0 Å². The molecule has 1 amide bonds. The third kappa shape index (κ3) is 6.95. The number of hydrogen-bond acceptors (Lipinski definition) is 4. The van der Waals surface area contributed by atoms with Crippen molar-refractivity contribution in [3.8, 4) is 5.75 Å². The molecule has 168 valence electrons. The van der Waals surface area contributed by atoms with Gasteiger partial charge in [0.1, 0.15) is 5.75 Å². The Bertz CT molecular complexity index is 974. The van der Waals surface area contributed by atoms with Crippen LogP contribution in [0, 0.1) is 0 Å². The molecule has 1 aliphatic carbocycles. The van der Waals surface area contributed by atoms with Crippen molar-refractivity contribution in [2.45, 2.75) is 62.4 Å². The molecule has 1 atom stereocenters. The predicted molar refractivity (Wildman–Crippen MR) is 122 cm³/mol. The Hall–Kier alpha value is -2.09. The number of nitrogens with one attached hydrogen (secondary N) is 2. The van der Waals surface area contributed by atoms with Crippen LogP contribution in [0.15, 0.2) is 53.4 Å². The lowest BCUT2D eigenvalue weighted by Crippen LogP contribution is -2.37. The molecule has 2 N–H and O–H groups in total. The topological polar surface area (TPSA) is 84.5 Å². The molecule has 0 radical (unpaired) electrons. The monoisotopic (exact) mass is 464 g/mol. The molecule has 2 aromatic rings. The number of rotatable bonds is 8. The number of hydrogen-bond donors (Lipinski definition) is 2. The smallest absolute Gasteiger partial charge is 0.258 e. The van der Waals surface area contributed by atoms with Gasteiger partial charge in [0, 0.05) is 12.1 Å². The maximum absolute atomic E-state index is 12.7. The molecule has 0 heterocycles. The second-order valence-corrected chi connectivity index (χ2v) is 10.0. The van der Waals surface area contributed by atoms with Crippen LogP contribution < -0.4 is 14.8 Å². The molecule has 0 spiro atoms. The summed E-state index contributed by atoms with van der Waals surface area (Å²) in [4.78, 5) is 12.2. The Morgan fingerprint density at radius 3 is 2.42 bits per heavy atom. The first-order valence-corrected chi connectivity index (χ1v) is 12.5. The van der Waals surface area contributed by atoms with Crippen molar-refractivity contribution < 1.29 is 17.9 Å². The summed E-state index contributed by atoms with van der Waals surface area (Å²) in [7, 11) is -3.77. The SMILES string of the molecule is CC(NS(=O)(=O)c1ccc(OCC(=O)NC2CCCCCC2)c(Cl)c1)c1ccccc1. The molecule has 0 saturated heterocycles. The van der Waals surface area contributed by atoms with E-state index in [1.165, 1.54) is 31.0 Å². The maximum atomic E-state index is 12.7. The molecule has 1 aliphatic rings. The molecule has 31 heavy (non-hydrogen) atoms. The summed E-state index contributed by atoms with van der Waals surface area (Å²) >= 11 is 6.24. The van der Waals surface area contributed by atoms with E-state index in [1.54, 1.807) is 6.92 Å². The molecular formula is C23H29ClN2O4S. The third-order valence-corrected chi connectivity index (χ3v) is 7.26. The predicted octanol–water partition coefficient (Wildman–Crippen LogP) is 4.60. The molecule has 1 fully saturated rings. The van der Waals surface area contributed by atoms with Crippen molar-refractivity contribution >= 4 is 27.5 Å². The van der Waals surface area contributed by atoms with Gasteiger partial charge in [0.2, 0.25) is 10.0 Å². The summed E-state index contributed by atoms with van der Waals surface area (Å²) in [5, 5.41) is 3.15. The van der Waals surface area contributed by atoms with E-state index in [-0.39, 0.29) is 34.2 Å². The molecule has 2 aromatic carbocycles. The third-order valence-electron chi connectivity index (χ3n) is 5.42. The van der Waals surface area contributed by atoms with Crippen molar-refractivity contribution in [1.82, 2.24) is 10.0 Å². The van der Waals surface area contributed by atoms with Gasteiger partial charge in [-0.25, -0.2) is 13.1 Å². The van der Waals surface area contributed by atoms with E-state index in [4.69, 9.17) is 16.3 Å². The fraction of sp³-hybridized carbons (Fsp3) is 0.435. The van der Waals surface area contributed by atoms with Crippen LogP contribution in [0.2, 0.25) is 5.02 Å². The first-order valence-electron chi connectivity index (χ1n) is 10.6. The van der Waals surface area contributed by atoms with Gasteiger partial charge in [-0.15, -0.1) is 0 Å². The van der Waals surface area contributed by atoms with E-state index in [2.05, 4.69) is 10.0 Å². The first kappa shape index (κ1) is 23.6. The van der Waals surface area contributed by atoms with Crippen LogP contribution in [-0.4, -0.2) is 27.0 Å². The highest BCUT2D eigenvalue weighted by atomic mass is 35.5. The second kappa shape index (κ2) is 11.0. The molecule has 6 nitrogen and oxygen atoms in total. The number of halogens is 1. The van der Waals surface area contributed by atoms with E-state index in [9.17, 15) is 13.2 Å². The lowest BCUT2D eigenvalue weighted by molar-refractivity contribution is -0.123. The van der Waals surface area contributed by atoms with Gasteiger partial charge in [-0.05, 0) is 43.5 Å². The molecule has 0 aromatic heterocycles. The Balaban J connectivity index is 1.58. The average Bonchev–Trinajstić information content (AvgIpc) is 3.01. The minimum absolute atomic E-state index is 0.0375.